The molecule has 0 saturated carbocycles. The monoisotopic (exact) mass is 390 g/mol. The summed E-state index contributed by atoms with van der Waals surface area (Å²) in [5, 5.41) is 12.9. The van der Waals surface area contributed by atoms with E-state index in [1.54, 1.807) is 22.5 Å². The number of benzene rings is 2. The van der Waals surface area contributed by atoms with Gasteiger partial charge in [-0.1, -0.05) is 60.2 Å². The Morgan fingerprint density at radius 3 is 2.59 bits per heavy atom. The fourth-order valence-electron chi connectivity index (χ4n) is 3.76. The van der Waals surface area contributed by atoms with Gasteiger partial charge < -0.3 is 5.32 Å². The van der Waals surface area contributed by atoms with Crippen LogP contribution < -0.4 is 5.32 Å². The van der Waals surface area contributed by atoms with Crippen molar-refractivity contribution in [1.29, 1.82) is 0 Å². The van der Waals surface area contributed by atoms with E-state index in [2.05, 4.69) is 21.6 Å². The average Bonchev–Trinajstić information content (AvgIpc) is 3.17. The van der Waals surface area contributed by atoms with E-state index in [0.29, 0.717) is 18.7 Å². The number of halogens is 1. The Labute approximate surface area is 171 Å². The number of aromatic nitrogens is 3. The minimum absolute atomic E-state index is 0.230. The maximum Gasteiger partial charge on any atom is 0.128 e. The molecule has 0 bridgehead atoms. The molecule has 5 heteroatoms. The van der Waals surface area contributed by atoms with Gasteiger partial charge in [-0.3, -0.25) is 0 Å². The van der Waals surface area contributed by atoms with Crippen LogP contribution in [0.2, 0.25) is 0 Å². The zero-order chi connectivity index (χ0) is 19.9. The van der Waals surface area contributed by atoms with Gasteiger partial charge in [0.05, 0.1) is 6.54 Å². The highest BCUT2D eigenvalue weighted by atomic mass is 19.1. The fourth-order valence-corrected chi connectivity index (χ4v) is 3.76. The van der Waals surface area contributed by atoms with Crippen LogP contribution in [-0.4, -0.2) is 21.5 Å². The van der Waals surface area contributed by atoms with E-state index in [4.69, 9.17) is 0 Å². The number of nitrogens with one attached hydrogen (secondary N) is 1. The van der Waals surface area contributed by atoms with Crippen LogP contribution in [0.1, 0.15) is 43.4 Å². The van der Waals surface area contributed by atoms with E-state index in [9.17, 15) is 4.39 Å². The average molecular weight is 391 g/mol. The zero-order valence-electron chi connectivity index (χ0n) is 16.6. The molecule has 0 fully saturated rings. The van der Waals surface area contributed by atoms with Crippen molar-refractivity contribution in [2.24, 2.45) is 0 Å². The molecular formula is C24H27FN4. The molecule has 0 amide bonds. The van der Waals surface area contributed by atoms with Crippen molar-refractivity contribution < 1.29 is 4.39 Å². The lowest BCUT2D eigenvalue weighted by Crippen LogP contribution is -2.17. The molecule has 1 aromatic heterocycles. The summed E-state index contributed by atoms with van der Waals surface area (Å²) in [7, 11) is 0. The van der Waals surface area contributed by atoms with Gasteiger partial charge in [-0.05, 0) is 44.7 Å². The second-order valence-electron chi connectivity index (χ2n) is 7.52. The SMILES string of the molecule is Fc1ccccc1Cn1nc(CNCCC2=CCCCC2)c(-c2ccccc2)n1. The molecule has 0 radical (unpaired) electrons. The zero-order valence-corrected chi connectivity index (χ0v) is 16.6. The lowest BCUT2D eigenvalue weighted by Gasteiger charge is -2.12. The van der Waals surface area contributed by atoms with Gasteiger partial charge >= 0.3 is 0 Å². The summed E-state index contributed by atoms with van der Waals surface area (Å²) in [5.74, 6) is -0.230. The Hall–Kier alpha value is -2.79. The highest BCUT2D eigenvalue weighted by molar-refractivity contribution is 5.60. The molecule has 3 aromatic rings. The molecule has 150 valence electrons. The Kier molecular flexibility index (Phi) is 6.47. The van der Waals surface area contributed by atoms with Crippen molar-refractivity contribution in [2.75, 3.05) is 6.54 Å². The Balaban J connectivity index is 1.47. The van der Waals surface area contributed by atoms with Gasteiger partial charge in [0, 0.05) is 17.7 Å². The second-order valence-corrected chi connectivity index (χ2v) is 7.52. The standard InChI is InChI=1S/C24H27FN4/c25-22-14-8-7-13-21(22)18-29-27-23(24(28-29)20-11-5-2-6-12-20)17-26-16-15-19-9-3-1-4-10-19/h2,5-9,11-14,26H,1,3-4,10,15-18H2. The second kappa shape index (κ2) is 9.61. The van der Waals surface area contributed by atoms with Crippen LogP contribution in [0.5, 0.6) is 0 Å². The number of nitrogens with zero attached hydrogens (tertiary/aromatic N) is 3. The maximum absolute atomic E-state index is 14.0. The van der Waals surface area contributed by atoms with Gasteiger partial charge in [-0.15, -0.1) is 0 Å². The van der Waals surface area contributed by atoms with Crippen LogP contribution in [0, 0.1) is 5.82 Å². The van der Waals surface area contributed by atoms with Crippen LogP contribution >= 0.6 is 0 Å². The van der Waals surface area contributed by atoms with Crippen molar-refractivity contribution in [3.8, 4) is 11.3 Å². The maximum atomic E-state index is 14.0. The summed E-state index contributed by atoms with van der Waals surface area (Å²) in [4.78, 5) is 1.60. The van der Waals surface area contributed by atoms with Crippen LogP contribution in [-0.2, 0) is 13.1 Å². The topological polar surface area (TPSA) is 42.7 Å². The van der Waals surface area contributed by atoms with Gasteiger partial charge in [-0.25, -0.2) is 4.39 Å². The summed E-state index contributed by atoms with van der Waals surface area (Å²) < 4.78 is 14.0. The quantitative estimate of drug-likeness (QED) is 0.429. The molecule has 0 saturated heterocycles. The molecule has 4 nitrogen and oxygen atoms in total. The number of allylic oxidation sites excluding steroid dienone is 1. The van der Waals surface area contributed by atoms with E-state index >= 15 is 0 Å². The molecule has 4 rings (SSSR count). The van der Waals surface area contributed by atoms with Crippen molar-refractivity contribution in [3.05, 3.63) is 83.3 Å². The summed E-state index contributed by atoms with van der Waals surface area (Å²) in [6, 6.07) is 16.8. The first kappa shape index (κ1) is 19.5. The third-order valence-corrected chi connectivity index (χ3v) is 5.34. The molecule has 29 heavy (non-hydrogen) atoms. The molecule has 1 aliphatic rings. The minimum Gasteiger partial charge on any atom is -0.311 e. The van der Waals surface area contributed by atoms with Gasteiger partial charge in [0.25, 0.3) is 0 Å². The summed E-state index contributed by atoms with van der Waals surface area (Å²) in [6.45, 7) is 1.90. The number of hydrogen-bond acceptors (Lipinski definition) is 3. The Morgan fingerprint density at radius 1 is 0.966 bits per heavy atom. The first-order chi connectivity index (χ1) is 14.3. The fraction of sp³-hybridized carbons (Fsp3) is 0.333. The molecule has 1 aliphatic carbocycles. The molecule has 0 unspecified atom stereocenters. The third-order valence-electron chi connectivity index (χ3n) is 5.34. The van der Waals surface area contributed by atoms with Crippen LogP contribution in [0.4, 0.5) is 4.39 Å². The molecular weight excluding hydrogens is 363 g/mol. The Bertz CT molecular complexity index is 962. The van der Waals surface area contributed by atoms with E-state index < -0.39 is 0 Å². The van der Waals surface area contributed by atoms with E-state index in [1.807, 2.05) is 36.4 Å². The van der Waals surface area contributed by atoms with Crippen molar-refractivity contribution in [1.82, 2.24) is 20.3 Å². The largest absolute Gasteiger partial charge is 0.311 e. The molecule has 0 spiro atoms. The van der Waals surface area contributed by atoms with E-state index in [1.165, 1.54) is 31.7 Å². The third kappa shape index (κ3) is 5.18. The van der Waals surface area contributed by atoms with Crippen molar-refractivity contribution in [3.63, 3.8) is 0 Å². The van der Waals surface area contributed by atoms with Crippen molar-refractivity contribution in [2.45, 2.75) is 45.2 Å². The van der Waals surface area contributed by atoms with Gasteiger partial charge in [0.2, 0.25) is 0 Å². The summed E-state index contributed by atoms with van der Waals surface area (Å²) in [6.07, 6.45) is 8.57. The van der Waals surface area contributed by atoms with Gasteiger partial charge in [-0.2, -0.15) is 15.0 Å². The Morgan fingerprint density at radius 2 is 1.79 bits per heavy atom. The predicted octanol–water partition coefficient (Wildman–Crippen LogP) is 5.11. The van der Waals surface area contributed by atoms with E-state index in [-0.39, 0.29) is 5.82 Å². The number of hydrogen-bond donors (Lipinski definition) is 1. The summed E-state index contributed by atoms with van der Waals surface area (Å²) >= 11 is 0. The highest BCUT2D eigenvalue weighted by Crippen LogP contribution is 2.22. The smallest absolute Gasteiger partial charge is 0.128 e. The van der Waals surface area contributed by atoms with E-state index in [0.717, 1.165) is 29.9 Å². The van der Waals surface area contributed by atoms with Gasteiger partial charge in [0.1, 0.15) is 17.2 Å². The van der Waals surface area contributed by atoms with Gasteiger partial charge in [0.15, 0.2) is 0 Å². The summed E-state index contributed by atoms with van der Waals surface area (Å²) in [5.41, 5.74) is 4.93. The molecule has 1 N–H and O–H groups in total. The number of rotatable bonds is 8. The first-order valence-corrected chi connectivity index (χ1v) is 10.4. The lowest BCUT2D eigenvalue weighted by atomic mass is 9.97. The molecule has 0 aliphatic heterocycles. The first-order valence-electron chi connectivity index (χ1n) is 10.4. The van der Waals surface area contributed by atoms with Crippen LogP contribution in [0.3, 0.4) is 0 Å². The molecule has 1 heterocycles. The lowest BCUT2D eigenvalue weighted by molar-refractivity contribution is 0.542. The normalized spacial score (nSPS) is 14.0. The molecule has 2 aromatic carbocycles. The van der Waals surface area contributed by atoms with Crippen LogP contribution in [0.15, 0.2) is 66.2 Å². The highest BCUT2D eigenvalue weighted by Gasteiger charge is 2.14. The molecule has 0 atom stereocenters. The van der Waals surface area contributed by atoms with Crippen LogP contribution in [0.25, 0.3) is 11.3 Å². The predicted molar refractivity (Wildman–Crippen MR) is 114 cm³/mol. The van der Waals surface area contributed by atoms with Crippen molar-refractivity contribution >= 4 is 0 Å². The minimum atomic E-state index is -0.230.